The van der Waals surface area contributed by atoms with Gasteiger partial charge in [-0.25, -0.2) is 0 Å². The predicted octanol–water partition coefficient (Wildman–Crippen LogP) is 2.30. The zero-order valence-electron chi connectivity index (χ0n) is 12.0. The molecule has 4 nitrogen and oxygen atoms in total. The molecule has 1 aromatic rings. The van der Waals surface area contributed by atoms with Gasteiger partial charge >= 0.3 is 11.9 Å². The first-order chi connectivity index (χ1) is 10.1. The monoisotopic (exact) mass is 286 g/mol. The number of carbonyl (C=O) groups is 2. The van der Waals surface area contributed by atoms with Crippen molar-refractivity contribution in [3.05, 3.63) is 34.9 Å². The lowest BCUT2D eigenvalue weighted by molar-refractivity contribution is -0.153. The van der Waals surface area contributed by atoms with Gasteiger partial charge in [0.15, 0.2) is 0 Å². The zero-order valence-corrected chi connectivity index (χ0v) is 12.0. The van der Waals surface area contributed by atoms with Crippen LogP contribution in [-0.2, 0) is 19.1 Å². The molecule has 0 saturated carbocycles. The highest BCUT2D eigenvalue weighted by atomic mass is 16.6. The summed E-state index contributed by atoms with van der Waals surface area (Å²) >= 11 is 0. The number of carbonyl (C=O) groups excluding carboxylic acids is 2. The molecule has 0 N–H and O–H groups in total. The molecule has 3 aliphatic rings. The van der Waals surface area contributed by atoms with Gasteiger partial charge in [-0.2, -0.15) is 0 Å². The lowest BCUT2D eigenvalue weighted by Gasteiger charge is -2.35. The summed E-state index contributed by atoms with van der Waals surface area (Å²) in [5, 5.41) is 0. The van der Waals surface area contributed by atoms with Gasteiger partial charge < -0.3 is 9.47 Å². The molecule has 1 aliphatic carbocycles. The summed E-state index contributed by atoms with van der Waals surface area (Å²) in [5.41, 5.74) is 3.71. The Hall–Kier alpha value is -1.68. The Balaban J connectivity index is 1.78. The molecule has 21 heavy (non-hydrogen) atoms. The van der Waals surface area contributed by atoms with Gasteiger partial charge in [0.25, 0.3) is 0 Å². The molecular formula is C17H18O4. The van der Waals surface area contributed by atoms with Crippen molar-refractivity contribution in [3.8, 4) is 0 Å². The second-order valence-corrected chi connectivity index (χ2v) is 6.48. The molecule has 2 aliphatic heterocycles. The number of ether oxygens (including phenoxy) is 2. The Morgan fingerprint density at radius 1 is 1.05 bits per heavy atom. The SMILES string of the molecule is Cc1ccc2c(c1)C(C1CC(=O)OC1=O)CC1COCC21. The van der Waals surface area contributed by atoms with Crippen LogP contribution in [0.2, 0.25) is 0 Å². The van der Waals surface area contributed by atoms with Gasteiger partial charge in [-0.3, -0.25) is 9.59 Å². The lowest BCUT2D eigenvalue weighted by Crippen LogP contribution is -2.29. The van der Waals surface area contributed by atoms with Crippen molar-refractivity contribution in [2.24, 2.45) is 11.8 Å². The van der Waals surface area contributed by atoms with Gasteiger partial charge in [-0.15, -0.1) is 0 Å². The Labute approximate surface area is 123 Å². The molecule has 2 fully saturated rings. The van der Waals surface area contributed by atoms with E-state index >= 15 is 0 Å². The maximum atomic E-state index is 12.0. The minimum absolute atomic E-state index is 0.0850. The third-order valence-electron chi connectivity index (χ3n) is 5.19. The summed E-state index contributed by atoms with van der Waals surface area (Å²) in [6.07, 6.45) is 1.13. The van der Waals surface area contributed by atoms with Crippen LogP contribution in [-0.4, -0.2) is 25.2 Å². The van der Waals surface area contributed by atoms with Gasteiger partial charge in [-0.05, 0) is 36.3 Å². The molecule has 0 amide bonds. The van der Waals surface area contributed by atoms with Crippen molar-refractivity contribution in [1.29, 1.82) is 0 Å². The van der Waals surface area contributed by atoms with Crippen LogP contribution in [0.3, 0.4) is 0 Å². The summed E-state index contributed by atoms with van der Waals surface area (Å²) in [5.74, 6) is -0.0843. The van der Waals surface area contributed by atoms with E-state index in [1.165, 1.54) is 16.7 Å². The molecule has 4 unspecified atom stereocenters. The maximum absolute atomic E-state index is 12.0. The average Bonchev–Trinajstić information content (AvgIpc) is 3.03. The minimum Gasteiger partial charge on any atom is -0.393 e. The number of esters is 2. The fraction of sp³-hybridized carbons (Fsp3) is 0.529. The summed E-state index contributed by atoms with van der Waals surface area (Å²) in [6.45, 7) is 3.58. The summed E-state index contributed by atoms with van der Waals surface area (Å²) in [4.78, 5) is 23.4. The van der Waals surface area contributed by atoms with Crippen molar-refractivity contribution in [2.75, 3.05) is 13.2 Å². The molecule has 110 valence electrons. The highest BCUT2D eigenvalue weighted by Crippen LogP contribution is 2.50. The van der Waals surface area contributed by atoms with Crippen LogP contribution >= 0.6 is 0 Å². The molecule has 4 heteroatoms. The number of fused-ring (bicyclic) bond motifs is 3. The predicted molar refractivity (Wildman–Crippen MR) is 74.8 cm³/mol. The highest BCUT2D eigenvalue weighted by Gasteiger charge is 2.46. The van der Waals surface area contributed by atoms with E-state index in [0.29, 0.717) is 11.8 Å². The van der Waals surface area contributed by atoms with Crippen molar-refractivity contribution >= 4 is 11.9 Å². The van der Waals surface area contributed by atoms with E-state index in [2.05, 4.69) is 25.1 Å². The molecule has 1 aromatic carbocycles. The summed E-state index contributed by atoms with van der Waals surface area (Å²) in [6, 6.07) is 6.46. The van der Waals surface area contributed by atoms with Crippen LogP contribution in [0, 0.1) is 18.8 Å². The first-order valence-electron chi connectivity index (χ1n) is 7.56. The molecule has 4 rings (SSSR count). The second-order valence-electron chi connectivity index (χ2n) is 6.48. The van der Waals surface area contributed by atoms with Crippen LogP contribution < -0.4 is 0 Å². The summed E-state index contributed by atoms with van der Waals surface area (Å²) in [7, 11) is 0. The van der Waals surface area contributed by atoms with E-state index in [1.54, 1.807) is 0 Å². The molecule has 0 radical (unpaired) electrons. The quantitative estimate of drug-likeness (QED) is 0.587. The number of aryl methyl sites for hydroxylation is 1. The number of rotatable bonds is 1. The van der Waals surface area contributed by atoms with Crippen LogP contribution in [0.15, 0.2) is 18.2 Å². The average molecular weight is 286 g/mol. The molecule has 2 heterocycles. The van der Waals surface area contributed by atoms with E-state index in [9.17, 15) is 9.59 Å². The third kappa shape index (κ3) is 2.01. The Kier molecular flexibility index (Phi) is 2.89. The first-order valence-corrected chi connectivity index (χ1v) is 7.56. The Morgan fingerprint density at radius 2 is 1.90 bits per heavy atom. The van der Waals surface area contributed by atoms with Gasteiger partial charge in [0, 0.05) is 5.92 Å². The normalized spacial score (nSPS) is 34.5. The number of hydrogen-bond acceptors (Lipinski definition) is 4. The molecule has 2 saturated heterocycles. The third-order valence-corrected chi connectivity index (χ3v) is 5.19. The smallest absolute Gasteiger partial charge is 0.317 e. The molecule has 4 atom stereocenters. The fourth-order valence-corrected chi connectivity index (χ4v) is 4.16. The van der Waals surface area contributed by atoms with Crippen LogP contribution in [0.4, 0.5) is 0 Å². The number of cyclic esters (lactones) is 2. The number of hydrogen-bond donors (Lipinski definition) is 0. The van der Waals surface area contributed by atoms with E-state index in [1.807, 2.05) is 0 Å². The topological polar surface area (TPSA) is 52.6 Å². The van der Waals surface area contributed by atoms with Crippen LogP contribution in [0.5, 0.6) is 0 Å². The fourth-order valence-electron chi connectivity index (χ4n) is 4.16. The van der Waals surface area contributed by atoms with Gasteiger partial charge in [0.1, 0.15) is 0 Å². The maximum Gasteiger partial charge on any atom is 0.317 e. The van der Waals surface area contributed by atoms with Crippen molar-refractivity contribution in [1.82, 2.24) is 0 Å². The molecule has 0 aromatic heterocycles. The summed E-state index contributed by atoms with van der Waals surface area (Å²) < 4.78 is 10.4. The largest absolute Gasteiger partial charge is 0.393 e. The Morgan fingerprint density at radius 3 is 2.67 bits per heavy atom. The zero-order chi connectivity index (χ0) is 14.6. The van der Waals surface area contributed by atoms with E-state index in [0.717, 1.165) is 19.6 Å². The second kappa shape index (κ2) is 4.67. The van der Waals surface area contributed by atoms with Gasteiger partial charge in [-0.1, -0.05) is 23.8 Å². The van der Waals surface area contributed by atoms with Gasteiger partial charge in [0.2, 0.25) is 0 Å². The van der Waals surface area contributed by atoms with Crippen LogP contribution in [0.25, 0.3) is 0 Å². The number of benzene rings is 1. The van der Waals surface area contributed by atoms with Crippen molar-refractivity contribution < 1.29 is 19.1 Å². The molecule has 0 spiro atoms. The van der Waals surface area contributed by atoms with Crippen LogP contribution in [0.1, 0.15) is 41.4 Å². The molecule has 0 bridgehead atoms. The molecular weight excluding hydrogens is 268 g/mol. The van der Waals surface area contributed by atoms with E-state index < -0.39 is 0 Å². The Bertz CT molecular complexity index is 621. The van der Waals surface area contributed by atoms with E-state index in [-0.39, 0.29) is 30.2 Å². The standard InChI is InChI=1S/C17H18O4/c1-9-2-3-11-12(4-9)13(5-10-7-20-8-15(10)11)14-6-16(18)21-17(14)19/h2-4,10,13-15H,5-8H2,1H3. The van der Waals surface area contributed by atoms with Gasteiger partial charge in [0.05, 0.1) is 25.6 Å². The minimum atomic E-state index is -0.385. The van der Waals surface area contributed by atoms with E-state index in [4.69, 9.17) is 9.47 Å². The van der Waals surface area contributed by atoms with Crippen molar-refractivity contribution in [2.45, 2.75) is 31.6 Å². The van der Waals surface area contributed by atoms with Crippen molar-refractivity contribution in [3.63, 3.8) is 0 Å². The highest BCUT2D eigenvalue weighted by molar-refractivity contribution is 5.95. The lowest BCUT2D eigenvalue weighted by atomic mass is 9.67. The first kappa shape index (κ1) is 13.0.